The van der Waals surface area contributed by atoms with Crippen molar-refractivity contribution >= 4 is 28.0 Å². The van der Waals surface area contributed by atoms with Gasteiger partial charge in [-0.3, -0.25) is 9.36 Å². The predicted molar refractivity (Wildman–Crippen MR) is 93.7 cm³/mol. The molecule has 0 saturated carbocycles. The molecule has 0 aliphatic heterocycles. The third-order valence-electron chi connectivity index (χ3n) is 4.46. The van der Waals surface area contributed by atoms with Crippen LogP contribution in [0.15, 0.2) is 42.5 Å². The number of hydrogen-bond acceptors (Lipinski definition) is 3. The van der Waals surface area contributed by atoms with Gasteiger partial charge in [-0.1, -0.05) is 5.21 Å². The summed E-state index contributed by atoms with van der Waals surface area (Å²) in [5, 5.41) is 11.5. The number of carbonyl (C=O) groups is 1. The lowest BCUT2D eigenvalue weighted by Gasteiger charge is -2.10. The van der Waals surface area contributed by atoms with E-state index in [2.05, 4.69) is 15.6 Å². The number of aromatic nitrogens is 4. The summed E-state index contributed by atoms with van der Waals surface area (Å²) in [6.45, 7) is 0. The maximum Gasteiger partial charge on any atom is 0.416 e. The topological polar surface area (TPSA) is 64.7 Å². The van der Waals surface area contributed by atoms with Crippen molar-refractivity contribution in [3.8, 4) is 5.69 Å². The molecule has 0 bridgehead atoms. The van der Waals surface area contributed by atoms with Crippen LogP contribution in [0, 0.1) is 0 Å². The van der Waals surface area contributed by atoms with Gasteiger partial charge >= 0.3 is 6.18 Å². The Hall–Kier alpha value is -3.36. The minimum Gasteiger partial charge on any atom is -0.355 e. The minimum atomic E-state index is -4.40. The third kappa shape index (κ3) is 2.62. The highest BCUT2D eigenvalue weighted by Gasteiger charge is 2.30. The van der Waals surface area contributed by atoms with E-state index in [9.17, 15) is 18.0 Å². The summed E-state index contributed by atoms with van der Waals surface area (Å²) >= 11 is 0. The van der Waals surface area contributed by atoms with Crippen molar-refractivity contribution in [3.63, 3.8) is 0 Å². The molecule has 2 aromatic heterocycles. The Labute approximate surface area is 151 Å². The first-order chi connectivity index (χ1) is 12.8. The molecule has 0 spiro atoms. The number of fused-ring (bicyclic) bond motifs is 3. The second kappa shape index (κ2) is 5.83. The van der Waals surface area contributed by atoms with Crippen molar-refractivity contribution in [1.82, 2.24) is 24.9 Å². The minimum absolute atomic E-state index is 0.234. The molecule has 2 heterocycles. The van der Waals surface area contributed by atoms with Gasteiger partial charge in [0.05, 0.1) is 11.1 Å². The lowest BCUT2D eigenvalue weighted by molar-refractivity contribution is -0.137. The number of nitrogens with zero attached hydrogens (tertiary/aromatic N) is 4. The summed E-state index contributed by atoms with van der Waals surface area (Å²) in [5.41, 5.74) is 2.18. The van der Waals surface area contributed by atoms with Crippen LogP contribution in [0.1, 0.15) is 15.9 Å². The number of hydrogen-bond donors (Lipinski definition) is 1. The molecule has 0 unspecified atom stereocenters. The highest BCUT2D eigenvalue weighted by molar-refractivity contribution is 6.09. The Bertz CT molecular complexity index is 1170. The molecule has 6 nitrogen and oxygen atoms in total. The normalized spacial score (nSPS) is 12.0. The number of benzene rings is 2. The monoisotopic (exact) mass is 373 g/mol. The number of nitrogens with one attached hydrogen (secondary N) is 1. The van der Waals surface area contributed by atoms with Gasteiger partial charge < -0.3 is 5.32 Å². The van der Waals surface area contributed by atoms with E-state index in [0.717, 1.165) is 23.0 Å². The Kier molecular flexibility index (Phi) is 3.69. The van der Waals surface area contributed by atoms with E-state index in [0.29, 0.717) is 22.4 Å². The molecule has 0 aliphatic rings. The van der Waals surface area contributed by atoms with Crippen LogP contribution < -0.4 is 5.32 Å². The van der Waals surface area contributed by atoms with Gasteiger partial charge in [0.25, 0.3) is 5.91 Å². The Morgan fingerprint density at radius 2 is 1.81 bits per heavy atom. The van der Waals surface area contributed by atoms with Crippen molar-refractivity contribution in [2.24, 2.45) is 7.05 Å². The summed E-state index contributed by atoms with van der Waals surface area (Å²) in [4.78, 5) is 12.0. The quantitative estimate of drug-likeness (QED) is 0.586. The van der Waals surface area contributed by atoms with Gasteiger partial charge in [0.2, 0.25) is 0 Å². The first kappa shape index (κ1) is 17.1. The zero-order valence-corrected chi connectivity index (χ0v) is 14.4. The molecule has 4 rings (SSSR count). The first-order valence-electron chi connectivity index (χ1n) is 8.05. The van der Waals surface area contributed by atoms with Crippen LogP contribution in [-0.4, -0.2) is 32.5 Å². The van der Waals surface area contributed by atoms with Crippen LogP contribution in [0.4, 0.5) is 13.2 Å². The molecule has 0 saturated heterocycles. The van der Waals surface area contributed by atoms with Crippen molar-refractivity contribution < 1.29 is 18.0 Å². The molecule has 138 valence electrons. The largest absolute Gasteiger partial charge is 0.416 e. The highest BCUT2D eigenvalue weighted by Crippen LogP contribution is 2.33. The van der Waals surface area contributed by atoms with E-state index >= 15 is 0 Å². The Balaban J connectivity index is 1.98. The summed E-state index contributed by atoms with van der Waals surface area (Å²) in [5.74, 6) is -0.234. The van der Waals surface area contributed by atoms with E-state index in [1.54, 1.807) is 41.5 Å². The van der Waals surface area contributed by atoms with Crippen molar-refractivity contribution in [2.45, 2.75) is 6.18 Å². The van der Waals surface area contributed by atoms with Gasteiger partial charge in [0, 0.05) is 30.7 Å². The molecule has 0 radical (unpaired) electrons. The smallest absolute Gasteiger partial charge is 0.355 e. The molecule has 1 N–H and O–H groups in total. The van der Waals surface area contributed by atoms with Crippen molar-refractivity contribution in [3.05, 3.63) is 53.6 Å². The molecule has 0 fully saturated rings. The number of halogens is 3. The summed E-state index contributed by atoms with van der Waals surface area (Å²) in [6, 6.07) is 9.98. The van der Waals surface area contributed by atoms with Crippen LogP contribution in [0.2, 0.25) is 0 Å². The standard InChI is InChI=1S/C18H14F3N5O/c1-22-17(27)10-3-8-14-13(9-10)15-16(23-24-25(15)2)26(14)12-6-4-11(5-7-12)18(19,20)21/h3-9H,1-2H3,(H,22,27). The molecule has 2 aromatic carbocycles. The van der Waals surface area contributed by atoms with Crippen molar-refractivity contribution in [1.29, 1.82) is 0 Å². The maximum absolute atomic E-state index is 12.9. The van der Waals surface area contributed by atoms with Crippen LogP contribution >= 0.6 is 0 Å². The average molecular weight is 373 g/mol. The van der Waals surface area contributed by atoms with E-state index < -0.39 is 11.7 Å². The number of rotatable bonds is 2. The Morgan fingerprint density at radius 1 is 1.11 bits per heavy atom. The summed E-state index contributed by atoms with van der Waals surface area (Å²) in [7, 11) is 3.26. The number of aryl methyl sites for hydroxylation is 1. The lowest BCUT2D eigenvalue weighted by atomic mass is 10.1. The van der Waals surface area contributed by atoms with Gasteiger partial charge in [-0.25, -0.2) is 4.68 Å². The van der Waals surface area contributed by atoms with Gasteiger partial charge in [-0.2, -0.15) is 13.2 Å². The van der Waals surface area contributed by atoms with Gasteiger partial charge in [0.1, 0.15) is 5.52 Å². The average Bonchev–Trinajstić information content (AvgIpc) is 3.17. The summed E-state index contributed by atoms with van der Waals surface area (Å²) in [6.07, 6.45) is -4.40. The Morgan fingerprint density at radius 3 is 2.44 bits per heavy atom. The van der Waals surface area contributed by atoms with Gasteiger partial charge in [0.15, 0.2) is 5.65 Å². The fraction of sp³-hybridized carbons (Fsp3) is 0.167. The number of carbonyl (C=O) groups excluding carboxylic acids is 1. The number of alkyl halides is 3. The molecule has 1 amide bonds. The SMILES string of the molecule is CNC(=O)c1ccc2c(c1)c1c(nnn1C)n2-c1ccc(C(F)(F)F)cc1. The lowest BCUT2D eigenvalue weighted by Crippen LogP contribution is -2.17. The van der Waals surface area contributed by atoms with Crippen LogP contribution in [0.3, 0.4) is 0 Å². The maximum atomic E-state index is 12.9. The fourth-order valence-corrected chi connectivity index (χ4v) is 3.17. The van der Waals surface area contributed by atoms with E-state index in [4.69, 9.17) is 0 Å². The van der Waals surface area contributed by atoms with Crippen LogP contribution in [0.5, 0.6) is 0 Å². The van der Waals surface area contributed by atoms with Crippen molar-refractivity contribution in [2.75, 3.05) is 7.05 Å². The van der Waals surface area contributed by atoms with Gasteiger partial charge in [-0.15, -0.1) is 5.10 Å². The molecule has 4 aromatic rings. The molecule has 0 atom stereocenters. The van der Waals surface area contributed by atoms with E-state index in [1.807, 2.05) is 0 Å². The molecule has 0 aliphatic carbocycles. The molecule has 27 heavy (non-hydrogen) atoms. The molecular weight excluding hydrogens is 359 g/mol. The molecular formula is C18H14F3N5O. The fourth-order valence-electron chi connectivity index (χ4n) is 3.17. The zero-order chi connectivity index (χ0) is 19.3. The first-order valence-corrected chi connectivity index (χ1v) is 8.05. The van der Waals surface area contributed by atoms with Crippen LogP contribution in [-0.2, 0) is 13.2 Å². The number of amides is 1. The third-order valence-corrected chi connectivity index (χ3v) is 4.46. The molecule has 9 heteroatoms. The summed E-state index contributed by atoms with van der Waals surface area (Å²) < 4.78 is 41.9. The van der Waals surface area contributed by atoms with Gasteiger partial charge in [-0.05, 0) is 42.5 Å². The van der Waals surface area contributed by atoms with E-state index in [-0.39, 0.29) is 5.91 Å². The van der Waals surface area contributed by atoms with E-state index in [1.165, 1.54) is 12.1 Å². The predicted octanol–water partition coefficient (Wildman–Crippen LogP) is 3.29. The van der Waals surface area contributed by atoms with Crippen LogP contribution in [0.25, 0.3) is 27.8 Å². The highest BCUT2D eigenvalue weighted by atomic mass is 19.4. The second-order valence-corrected chi connectivity index (χ2v) is 6.08. The second-order valence-electron chi connectivity index (χ2n) is 6.08. The zero-order valence-electron chi connectivity index (χ0n) is 14.4.